The van der Waals surface area contributed by atoms with E-state index in [1.54, 1.807) is 16.2 Å². The Hall–Kier alpha value is -3.20. The van der Waals surface area contributed by atoms with E-state index < -0.39 is 0 Å². The van der Waals surface area contributed by atoms with Crippen LogP contribution in [0.1, 0.15) is 38.0 Å². The number of benzene rings is 1. The van der Waals surface area contributed by atoms with Crippen LogP contribution in [0.15, 0.2) is 52.4 Å². The lowest BCUT2D eigenvalue weighted by molar-refractivity contribution is -0.126. The summed E-state index contributed by atoms with van der Waals surface area (Å²) in [5.74, 6) is 1.17. The van der Waals surface area contributed by atoms with Crippen molar-refractivity contribution in [2.45, 2.75) is 38.5 Å². The molecule has 174 valence electrons. The van der Waals surface area contributed by atoms with Crippen LogP contribution in [0.4, 0.5) is 10.5 Å². The van der Waals surface area contributed by atoms with Gasteiger partial charge in [0.25, 0.3) is 0 Å². The molecule has 1 aliphatic heterocycles. The molecule has 1 atom stereocenters. The Morgan fingerprint density at radius 2 is 2.00 bits per heavy atom. The highest BCUT2D eigenvalue weighted by Gasteiger charge is 2.28. The van der Waals surface area contributed by atoms with E-state index in [0.717, 1.165) is 49.1 Å². The Labute approximate surface area is 197 Å². The summed E-state index contributed by atoms with van der Waals surface area (Å²) in [6, 6.07) is 13.2. The molecule has 9 heteroatoms. The molecule has 1 aliphatic rings. The summed E-state index contributed by atoms with van der Waals surface area (Å²) >= 11 is 1.59. The Balaban J connectivity index is 1.12. The highest BCUT2D eigenvalue weighted by Crippen LogP contribution is 2.22. The van der Waals surface area contributed by atoms with Gasteiger partial charge in [-0.3, -0.25) is 4.79 Å². The summed E-state index contributed by atoms with van der Waals surface area (Å²) in [4.78, 5) is 32.3. The number of aromatic nitrogens is 2. The first kappa shape index (κ1) is 23.0. The first-order chi connectivity index (χ1) is 16.2. The summed E-state index contributed by atoms with van der Waals surface area (Å²) in [6.07, 6.45) is 5.16. The van der Waals surface area contributed by atoms with Gasteiger partial charge < -0.3 is 20.1 Å². The van der Waals surface area contributed by atoms with Gasteiger partial charge in [0.05, 0.1) is 10.8 Å². The minimum absolute atomic E-state index is 0.0321. The molecule has 4 rings (SSSR count). The molecule has 3 heterocycles. The minimum Gasteiger partial charge on any atom is -0.356 e. The van der Waals surface area contributed by atoms with Crippen LogP contribution < -0.4 is 10.6 Å². The van der Waals surface area contributed by atoms with Crippen molar-refractivity contribution in [3.8, 4) is 10.7 Å². The number of unbranched alkanes of at least 4 members (excludes halogenated alkanes) is 2. The molecule has 3 aromatic rings. The zero-order valence-electron chi connectivity index (χ0n) is 18.5. The topological polar surface area (TPSA) is 100 Å². The quantitative estimate of drug-likeness (QED) is 0.449. The molecule has 0 radical (unpaired) electrons. The van der Waals surface area contributed by atoms with Gasteiger partial charge in [-0.05, 0) is 49.3 Å². The molecule has 2 aromatic heterocycles. The Kier molecular flexibility index (Phi) is 8.08. The molecule has 1 aromatic carbocycles. The van der Waals surface area contributed by atoms with E-state index in [2.05, 4.69) is 20.8 Å². The maximum atomic E-state index is 12.6. The smallest absolute Gasteiger partial charge is 0.321 e. The van der Waals surface area contributed by atoms with Gasteiger partial charge in [-0.1, -0.05) is 35.8 Å². The number of piperidine rings is 1. The third-order valence-electron chi connectivity index (χ3n) is 5.68. The summed E-state index contributed by atoms with van der Waals surface area (Å²) in [6.45, 7) is 1.76. The Bertz CT molecular complexity index is 1020. The molecule has 8 nitrogen and oxygen atoms in total. The van der Waals surface area contributed by atoms with Crippen molar-refractivity contribution in [2.24, 2.45) is 5.92 Å². The predicted octanol–water partition coefficient (Wildman–Crippen LogP) is 4.57. The van der Waals surface area contributed by atoms with Crippen LogP contribution >= 0.6 is 11.3 Å². The van der Waals surface area contributed by atoms with Gasteiger partial charge in [-0.15, -0.1) is 11.3 Å². The van der Waals surface area contributed by atoms with E-state index >= 15 is 0 Å². The molecule has 3 amide bonds. The molecule has 0 unspecified atom stereocenters. The van der Waals surface area contributed by atoms with Crippen molar-refractivity contribution in [1.29, 1.82) is 0 Å². The number of aryl methyl sites for hydroxylation is 1. The lowest BCUT2D eigenvalue weighted by Gasteiger charge is -2.32. The molecule has 0 aliphatic carbocycles. The monoisotopic (exact) mass is 467 g/mol. The van der Waals surface area contributed by atoms with Crippen LogP contribution in [-0.4, -0.2) is 46.6 Å². The summed E-state index contributed by atoms with van der Waals surface area (Å²) < 4.78 is 5.32. The third kappa shape index (κ3) is 6.64. The van der Waals surface area contributed by atoms with Gasteiger partial charge in [-0.25, -0.2) is 4.79 Å². The maximum Gasteiger partial charge on any atom is 0.321 e. The fourth-order valence-corrected chi connectivity index (χ4v) is 4.55. The van der Waals surface area contributed by atoms with Crippen LogP contribution in [0, 0.1) is 5.92 Å². The fourth-order valence-electron chi connectivity index (χ4n) is 3.90. The van der Waals surface area contributed by atoms with E-state index in [9.17, 15) is 9.59 Å². The Morgan fingerprint density at radius 3 is 2.82 bits per heavy atom. The number of hydrogen-bond acceptors (Lipinski definition) is 6. The maximum absolute atomic E-state index is 12.6. The second-order valence-electron chi connectivity index (χ2n) is 8.17. The lowest BCUT2D eigenvalue weighted by atomic mass is 9.97. The molecule has 2 N–H and O–H groups in total. The van der Waals surface area contributed by atoms with Crippen LogP contribution in [0.5, 0.6) is 0 Å². The van der Waals surface area contributed by atoms with E-state index in [-0.39, 0.29) is 17.9 Å². The SMILES string of the molecule is O=C(NCCCCCc1nc(-c2cccs2)no1)[C@H]1CCCN(C(=O)Nc2ccccc2)C1. The van der Waals surface area contributed by atoms with Crippen LogP contribution in [-0.2, 0) is 11.2 Å². The number of likely N-dealkylation sites (tertiary alicyclic amines) is 1. The number of rotatable bonds is 9. The highest BCUT2D eigenvalue weighted by molar-refractivity contribution is 7.13. The second-order valence-corrected chi connectivity index (χ2v) is 9.12. The molecule has 1 fully saturated rings. The zero-order chi connectivity index (χ0) is 22.9. The van der Waals surface area contributed by atoms with Gasteiger partial charge in [0.2, 0.25) is 17.6 Å². The summed E-state index contributed by atoms with van der Waals surface area (Å²) in [7, 11) is 0. The number of carbonyl (C=O) groups excluding carboxylic acids is 2. The molecule has 0 bridgehead atoms. The number of thiophene rings is 1. The summed E-state index contributed by atoms with van der Waals surface area (Å²) in [5, 5.41) is 11.9. The van der Waals surface area contributed by atoms with Crippen molar-refractivity contribution in [3.05, 3.63) is 53.7 Å². The second kappa shape index (κ2) is 11.6. The number of carbonyl (C=O) groups is 2. The number of para-hydroxylation sites is 1. The van der Waals surface area contributed by atoms with Gasteiger partial charge in [0.1, 0.15) is 0 Å². The Morgan fingerprint density at radius 1 is 1.12 bits per heavy atom. The largest absolute Gasteiger partial charge is 0.356 e. The molecule has 0 spiro atoms. The van der Waals surface area contributed by atoms with E-state index in [1.807, 2.05) is 47.8 Å². The fraction of sp³-hybridized carbons (Fsp3) is 0.417. The molecule has 33 heavy (non-hydrogen) atoms. The van der Waals surface area contributed by atoms with Gasteiger partial charge in [0, 0.05) is 31.7 Å². The molecule has 1 saturated heterocycles. The zero-order valence-corrected chi connectivity index (χ0v) is 19.4. The highest BCUT2D eigenvalue weighted by atomic mass is 32.1. The van der Waals surface area contributed by atoms with Crippen molar-refractivity contribution in [1.82, 2.24) is 20.4 Å². The molecule has 0 saturated carbocycles. The average molecular weight is 468 g/mol. The molecular formula is C24H29N5O3S. The van der Waals surface area contributed by atoms with Gasteiger partial charge in [0.15, 0.2) is 0 Å². The number of urea groups is 1. The van der Waals surface area contributed by atoms with E-state index in [1.165, 1.54) is 0 Å². The van der Waals surface area contributed by atoms with Gasteiger partial charge in [-0.2, -0.15) is 4.98 Å². The van der Waals surface area contributed by atoms with E-state index in [0.29, 0.717) is 31.3 Å². The van der Waals surface area contributed by atoms with Crippen molar-refractivity contribution in [3.63, 3.8) is 0 Å². The molecular weight excluding hydrogens is 438 g/mol. The number of hydrogen-bond donors (Lipinski definition) is 2. The van der Waals surface area contributed by atoms with Gasteiger partial charge >= 0.3 is 6.03 Å². The first-order valence-electron chi connectivity index (χ1n) is 11.4. The number of amides is 3. The average Bonchev–Trinajstić information content (AvgIpc) is 3.54. The first-order valence-corrected chi connectivity index (χ1v) is 12.3. The van der Waals surface area contributed by atoms with Crippen molar-refractivity contribution in [2.75, 3.05) is 25.0 Å². The summed E-state index contributed by atoms with van der Waals surface area (Å²) in [5.41, 5.74) is 0.761. The third-order valence-corrected chi connectivity index (χ3v) is 6.55. The minimum atomic E-state index is -0.158. The van der Waals surface area contributed by atoms with Crippen molar-refractivity contribution >= 4 is 29.0 Å². The van der Waals surface area contributed by atoms with Crippen LogP contribution in [0.25, 0.3) is 10.7 Å². The normalized spacial score (nSPS) is 15.9. The lowest BCUT2D eigenvalue weighted by Crippen LogP contribution is -2.47. The number of nitrogens with zero attached hydrogens (tertiary/aromatic N) is 3. The number of anilines is 1. The predicted molar refractivity (Wildman–Crippen MR) is 128 cm³/mol. The van der Waals surface area contributed by atoms with Crippen LogP contribution in [0.3, 0.4) is 0 Å². The number of nitrogens with one attached hydrogen (secondary N) is 2. The standard InChI is InChI=1S/C24H29N5O3S/c30-23(18-9-7-15-29(17-18)24(31)26-19-10-3-1-4-11-19)25-14-6-2-5-13-21-27-22(28-32-21)20-12-8-16-33-20/h1,3-4,8,10-12,16,18H,2,5-7,9,13-15,17H2,(H,25,30)(H,26,31)/t18-/m0/s1. The van der Waals surface area contributed by atoms with E-state index in [4.69, 9.17) is 4.52 Å². The van der Waals surface area contributed by atoms with Crippen LogP contribution in [0.2, 0.25) is 0 Å². The van der Waals surface area contributed by atoms with Crippen molar-refractivity contribution < 1.29 is 14.1 Å².